The Labute approximate surface area is 182 Å². The van der Waals surface area contributed by atoms with Gasteiger partial charge in [-0.15, -0.1) is 22.7 Å². The monoisotopic (exact) mass is 448 g/mol. The van der Waals surface area contributed by atoms with Crippen LogP contribution in [0.1, 0.15) is 35.5 Å². The molecule has 9 heteroatoms. The van der Waals surface area contributed by atoms with Gasteiger partial charge in [0.2, 0.25) is 11.8 Å². The van der Waals surface area contributed by atoms with E-state index in [0.29, 0.717) is 22.4 Å². The quantitative estimate of drug-likeness (QED) is 0.536. The summed E-state index contributed by atoms with van der Waals surface area (Å²) in [6.07, 6.45) is 2.59. The van der Waals surface area contributed by atoms with Crippen molar-refractivity contribution in [3.8, 4) is 0 Å². The highest BCUT2D eigenvalue weighted by atomic mass is 35.5. The molecule has 0 spiro atoms. The molecule has 0 atom stereocenters. The van der Waals surface area contributed by atoms with Crippen LogP contribution in [0.2, 0.25) is 5.02 Å². The predicted octanol–water partition coefficient (Wildman–Crippen LogP) is 4.93. The van der Waals surface area contributed by atoms with Gasteiger partial charge in [0.1, 0.15) is 0 Å². The van der Waals surface area contributed by atoms with E-state index >= 15 is 0 Å². The zero-order chi connectivity index (χ0) is 21.0. The van der Waals surface area contributed by atoms with Crippen LogP contribution >= 0.6 is 34.3 Å². The van der Waals surface area contributed by atoms with Crippen LogP contribution in [0.3, 0.4) is 0 Å². The standard InChI is InChI=1S/C20H21ClN4O2S2/c1-11(2)18(27)25-20-23-14(10-28-20)8-17(26)24-19-22-9-15(29-19)6-13-5-4-12(3)16(21)7-13/h4-5,7,9-11H,6,8H2,1-3H3,(H,22,24,26)(H,23,25,27). The average molecular weight is 449 g/mol. The maximum atomic E-state index is 12.3. The summed E-state index contributed by atoms with van der Waals surface area (Å²) in [5.74, 6) is -0.419. The second-order valence-electron chi connectivity index (χ2n) is 6.90. The van der Waals surface area contributed by atoms with E-state index < -0.39 is 0 Å². The number of aromatic nitrogens is 2. The lowest BCUT2D eigenvalue weighted by Crippen LogP contribution is -2.18. The van der Waals surface area contributed by atoms with Crippen LogP contribution in [-0.4, -0.2) is 21.8 Å². The molecule has 0 saturated carbocycles. The number of amides is 2. The van der Waals surface area contributed by atoms with Crippen molar-refractivity contribution in [1.29, 1.82) is 0 Å². The van der Waals surface area contributed by atoms with Gasteiger partial charge in [-0.2, -0.15) is 0 Å². The molecule has 152 valence electrons. The summed E-state index contributed by atoms with van der Waals surface area (Å²) in [6, 6.07) is 5.98. The molecule has 2 N–H and O–H groups in total. The van der Waals surface area contributed by atoms with E-state index in [-0.39, 0.29) is 24.2 Å². The summed E-state index contributed by atoms with van der Waals surface area (Å²) < 4.78 is 0. The van der Waals surface area contributed by atoms with Crippen LogP contribution in [0.15, 0.2) is 29.8 Å². The second-order valence-corrected chi connectivity index (χ2v) is 9.29. The third-order valence-corrected chi connectivity index (χ3v) is 6.19. The van der Waals surface area contributed by atoms with Crippen molar-refractivity contribution < 1.29 is 9.59 Å². The number of nitrogens with one attached hydrogen (secondary N) is 2. The van der Waals surface area contributed by atoms with E-state index in [1.807, 2.05) is 39.0 Å². The molecule has 2 amide bonds. The molecule has 2 aromatic heterocycles. The number of halogens is 1. The summed E-state index contributed by atoms with van der Waals surface area (Å²) in [4.78, 5) is 33.6. The number of carbonyl (C=O) groups excluding carboxylic acids is 2. The molecule has 0 bridgehead atoms. The zero-order valence-electron chi connectivity index (χ0n) is 16.3. The van der Waals surface area contributed by atoms with Crippen molar-refractivity contribution in [2.45, 2.75) is 33.6 Å². The molecule has 0 fully saturated rings. The fourth-order valence-corrected chi connectivity index (χ4v) is 4.20. The number of nitrogens with zero attached hydrogens (tertiary/aromatic N) is 2. The molecule has 0 aliphatic carbocycles. The molecule has 0 radical (unpaired) electrons. The molecule has 0 aliphatic rings. The molecule has 1 aromatic carbocycles. The summed E-state index contributed by atoms with van der Waals surface area (Å²) >= 11 is 8.92. The first-order chi connectivity index (χ1) is 13.8. The molecule has 6 nitrogen and oxygen atoms in total. The minimum absolute atomic E-state index is 0.0967. The van der Waals surface area contributed by atoms with Gasteiger partial charge in [-0.3, -0.25) is 9.59 Å². The van der Waals surface area contributed by atoms with E-state index in [4.69, 9.17) is 11.6 Å². The van der Waals surface area contributed by atoms with Gasteiger partial charge in [0.25, 0.3) is 0 Å². The largest absolute Gasteiger partial charge is 0.302 e. The predicted molar refractivity (Wildman–Crippen MR) is 119 cm³/mol. The molecule has 29 heavy (non-hydrogen) atoms. The third-order valence-electron chi connectivity index (χ3n) is 4.06. The number of hydrogen-bond donors (Lipinski definition) is 2. The molecule has 0 aliphatic heterocycles. The third kappa shape index (κ3) is 6.09. The highest BCUT2D eigenvalue weighted by molar-refractivity contribution is 7.15. The van der Waals surface area contributed by atoms with E-state index in [0.717, 1.165) is 21.0 Å². The number of benzene rings is 1. The fraction of sp³-hybridized carbons (Fsp3) is 0.300. The summed E-state index contributed by atoms with van der Waals surface area (Å²) in [5, 5.41) is 9.10. The van der Waals surface area contributed by atoms with E-state index in [2.05, 4.69) is 20.6 Å². The molecular formula is C20H21ClN4O2S2. The van der Waals surface area contributed by atoms with Gasteiger partial charge in [0.05, 0.1) is 12.1 Å². The first-order valence-corrected chi connectivity index (χ1v) is 11.1. The van der Waals surface area contributed by atoms with Crippen molar-refractivity contribution >= 4 is 56.4 Å². The fourth-order valence-electron chi connectivity index (χ4n) is 2.42. The van der Waals surface area contributed by atoms with Crippen molar-refractivity contribution in [3.63, 3.8) is 0 Å². The lowest BCUT2D eigenvalue weighted by Gasteiger charge is -2.03. The Balaban J connectivity index is 1.54. The van der Waals surface area contributed by atoms with E-state index in [9.17, 15) is 9.59 Å². The van der Waals surface area contributed by atoms with E-state index in [1.165, 1.54) is 22.7 Å². The Morgan fingerprint density at radius 2 is 2.00 bits per heavy atom. The minimum atomic E-state index is -0.198. The molecule has 0 unspecified atom stereocenters. The Kier molecular flexibility index (Phi) is 7.00. The molecule has 3 rings (SSSR count). The number of carbonyl (C=O) groups is 2. The smallest absolute Gasteiger partial charge is 0.232 e. The van der Waals surface area contributed by atoms with Crippen LogP contribution in [0.5, 0.6) is 0 Å². The van der Waals surface area contributed by atoms with E-state index in [1.54, 1.807) is 11.6 Å². The lowest BCUT2D eigenvalue weighted by atomic mass is 10.1. The lowest BCUT2D eigenvalue weighted by molar-refractivity contribution is -0.119. The topological polar surface area (TPSA) is 84.0 Å². The second kappa shape index (κ2) is 9.47. The molecular weight excluding hydrogens is 428 g/mol. The van der Waals surface area contributed by atoms with Crippen LogP contribution in [0.25, 0.3) is 0 Å². The molecule has 2 heterocycles. The van der Waals surface area contributed by atoms with Gasteiger partial charge in [0.15, 0.2) is 10.3 Å². The van der Waals surface area contributed by atoms with Crippen molar-refractivity contribution in [2.24, 2.45) is 5.92 Å². The number of anilines is 2. The number of hydrogen-bond acceptors (Lipinski definition) is 6. The summed E-state index contributed by atoms with van der Waals surface area (Å²) in [6.45, 7) is 5.59. The molecule has 3 aromatic rings. The van der Waals surface area contributed by atoms with Crippen LogP contribution < -0.4 is 10.6 Å². The van der Waals surface area contributed by atoms with Crippen molar-refractivity contribution in [3.05, 3.63) is 56.5 Å². The highest BCUT2D eigenvalue weighted by Gasteiger charge is 2.13. The average Bonchev–Trinajstić information content (AvgIpc) is 3.27. The maximum Gasteiger partial charge on any atom is 0.232 e. The number of rotatable bonds is 7. The van der Waals surface area contributed by atoms with Crippen LogP contribution in [-0.2, 0) is 22.4 Å². The summed E-state index contributed by atoms with van der Waals surface area (Å²) in [7, 11) is 0. The number of aryl methyl sites for hydroxylation is 1. The zero-order valence-corrected chi connectivity index (χ0v) is 18.7. The van der Waals surface area contributed by atoms with Gasteiger partial charge in [-0.25, -0.2) is 9.97 Å². The highest BCUT2D eigenvalue weighted by Crippen LogP contribution is 2.24. The normalized spacial score (nSPS) is 10.9. The van der Waals surface area contributed by atoms with Gasteiger partial charge in [-0.1, -0.05) is 37.6 Å². The first kappa shape index (κ1) is 21.4. The number of thiazole rings is 2. The molecule has 0 saturated heterocycles. The van der Waals surface area contributed by atoms with Gasteiger partial charge < -0.3 is 10.6 Å². The van der Waals surface area contributed by atoms with Crippen molar-refractivity contribution in [2.75, 3.05) is 10.6 Å². The first-order valence-electron chi connectivity index (χ1n) is 9.05. The van der Waals surface area contributed by atoms with Gasteiger partial charge in [-0.05, 0) is 24.1 Å². The van der Waals surface area contributed by atoms with Gasteiger partial charge in [0, 0.05) is 33.8 Å². The SMILES string of the molecule is Cc1ccc(Cc2cnc(NC(=O)Cc3csc(NC(=O)C(C)C)n3)s2)cc1Cl. The maximum absolute atomic E-state index is 12.3. The van der Waals surface area contributed by atoms with Gasteiger partial charge >= 0.3 is 0 Å². The Morgan fingerprint density at radius 3 is 2.72 bits per heavy atom. The van der Waals surface area contributed by atoms with Crippen LogP contribution in [0.4, 0.5) is 10.3 Å². The van der Waals surface area contributed by atoms with Crippen molar-refractivity contribution in [1.82, 2.24) is 9.97 Å². The minimum Gasteiger partial charge on any atom is -0.302 e. The summed E-state index contributed by atoms with van der Waals surface area (Å²) in [5.41, 5.74) is 2.75. The Bertz CT molecular complexity index is 1030. The Hall–Kier alpha value is -2.29. The Morgan fingerprint density at radius 1 is 1.21 bits per heavy atom. The van der Waals surface area contributed by atoms with Crippen LogP contribution in [0, 0.1) is 12.8 Å².